The molecule has 0 heterocycles. The van der Waals surface area contributed by atoms with Crippen molar-refractivity contribution in [2.75, 3.05) is 13.6 Å². The summed E-state index contributed by atoms with van der Waals surface area (Å²) in [7, 11) is 1.95. The lowest BCUT2D eigenvalue weighted by Gasteiger charge is -2.35. The van der Waals surface area contributed by atoms with E-state index in [2.05, 4.69) is 21.2 Å². The molecule has 3 N–H and O–H groups in total. The lowest BCUT2D eigenvalue weighted by Crippen LogP contribution is -2.39. The van der Waals surface area contributed by atoms with Crippen LogP contribution in [-0.2, 0) is 0 Å². The summed E-state index contributed by atoms with van der Waals surface area (Å²) in [6, 6.07) is 5.34. The Morgan fingerprint density at radius 1 is 1.56 bits per heavy atom. The largest absolute Gasteiger partial charge is 0.490 e. The average Bonchev–Trinajstić information content (AvgIpc) is 2.28. The minimum Gasteiger partial charge on any atom is -0.490 e. The van der Waals surface area contributed by atoms with Crippen molar-refractivity contribution >= 4 is 21.8 Å². The summed E-state index contributed by atoms with van der Waals surface area (Å²) in [6.45, 7) is 1.02. The van der Waals surface area contributed by atoms with Crippen LogP contribution in [0.4, 0.5) is 0 Å². The van der Waals surface area contributed by atoms with Crippen LogP contribution in [0.1, 0.15) is 23.2 Å². The first-order chi connectivity index (χ1) is 8.60. The molecule has 0 radical (unpaired) electrons. The first-order valence-corrected chi connectivity index (χ1v) is 6.80. The molecule has 1 aliphatic rings. The van der Waals surface area contributed by atoms with E-state index < -0.39 is 5.91 Å². The zero-order valence-corrected chi connectivity index (χ0v) is 11.9. The van der Waals surface area contributed by atoms with E-state index in [4.69, 9.17) is 10.5 Å². The predicted octanol–water partition coefficient (Wildman–Crippen LogP) is 1.92. The molecule has 1 aromatic carbocycles. The van der Waals surface area contributed by atoms with Gasteiger partial charge in [-0.3, -0.25) is 4.79 Å². The Labute approximate surface area is 115 Å². The van der Waals surface area contributed by atoms with Gasteiger partial charge in [-0.1, -0.05) is 15.9 Å². The van der Waals surface area contributed by atoms with Crippen LogP contribution < -0.4 is 15.8 Å². The van der Waals surface area contributed by atoms with E-state index >= 15 is 0 Å². The summed E-state index contributed by atoms with van der Waals surface area (Å²) in [5.41, 5.74) is 5.78. The smallest absolute Gasteiger partial charge is 0.252 e. The van der Waals surface area contributed by atoms with Crippen molar-refractivity contribution in [3.63, 3.8) is 0 Å². The number of halogens is 1. The first kappa shape index (κ1) is 13.4. The van der Waals surface area contributed by atoms with Crippen LogP contribution in [0.25, 0.3) is 0 Å². The molecular formula is C13H17BrN2O2. The molecule has 5 heteroatoms. The van der Waals surface area contributed by atoms with Crippen LogP contribution in [0, 0.1) is 5.92 Å². The number of hydrogen-bond acceptors (Lipinski definition) is 3. The Morgan fingerprint density at radius 2 is 2.28 bits per heavy atom. The Balaban J connectivity index is 2.00. The van der Waals surface area contributed by atoms with Gasteiger partial charge in [0.1, 0.15) is 5.75 Å². The fourth-order valence-corrected chi connectivity index (χ4v) is 2.56. The van der Waals surface area contributed by atoms with Crippen LogP contribution >= 0.6 is 15.9 Å². The van der Waals surface area contributed by atoms with Crippen LogP contribution in [0.3, 0.4) is 0 Å². The van der Waals surface area contributed by atoms with Gasteiger partial charge in [0.05, 0.1) is 11.7 Å². The number of ether oxygens (including phenoxy) is 1. The second kappa shape index (κ2) is 5.71. The number of nitrogens with one attached hydrogen (secondary N) is 1. The SMILES string of the molecule is CNCC1CC(Oc2ccc(Br)cc2C(N)=O)C1. The zero-order chi connectivity index (χ0) is 13.1. The standard InChI is InChI=1S/C13H17BrN2O2/c1-16-7-8-4-10(5-8)18-12-3-2-9(14)6-11(12)13(15)17/h2-3,6,8,10,16H,4-5,7H2,1H3,(H2,15,17). The molecule has 18 heavy (non-hydrogen) atoms. The molecule has 1 aliphatic carbocycles. The summed E-state index contributed by atoms with van der Waals surface area (Å²) >= 11 is 3.32. The van der Waals surface area contributed by atoms with E-state index in [1.54, 1.807) is 12.1 Å². The topological polar surface area (TPSA) is 64.3 Å². The van der Waals surface area contributed by atoms with Crippen molar-refractivity contribution in [2.45, 2.75) is 18.9 Å². The highest BCUT2D eigenvalue weighted by Crippen LogP contribution is 2.33. The average molecular weight is 313 g/mol. The summed E-state index contributed by atoms with van der Waals surface area (Å²) in [5.74, 6) is 0.795. The van der Waals surface area contributed by atoms with Crippen molar-refractivity contribution in [3.8, 4) is 5.75 Å². The molecule has 0 bridgehead atoms. The number of nitrogens with two attached hydrogens (primary N) is 1. The number of carbonyl (C=O) groups excluding carboxylic acids is 1. The molecule has 0 aromatic heterocycles. The van der Waals surface area contributed by atoms with Gasteiger partial charge in [-0.25, -0.2) is 0 Å². The molecule has 1 fully saturated rings. The van der Waals surface area contributed by atoms with E-state index in [0.29, 0.717) is 17.2 Å². The Kier molecular flexibility index (Phi) is 4.24. The molecule has 98 valence electrons. The number of hydrogen-bond donors (Lipinski definition) is 2. The molecule has 2 rings (SSSR count). The van der Waals surface area contributed by atoms with E-state index in [-0.39, 0.29) is 6.10 Å². The summed E-state index contributed by atoms with van der Waals surface area (Å²) in [6.07, 6.45) is 2.24. The molecule has 1 saturated carbocycles. The maximum Gasteiger partial charge on any atom is 0.252 e. The Hall–Kier alpha value is -1.07. The van der Waals surface area contributed by atoms with Crippen LogP contribution in [-0.4, -0.2) is 25.6 Å². The second-order valence-corrected chi connectivity index (χ2v) is 5.56. The summed E-state index contributed by atoms with van der Waals surface area (Å²) in [5, 5.41) is 3.16. The third-order valence-corrected chi connectivity index (χ3v) is 3.68. The molecular weight excluding hydrogens is 296 g/mol. The number of benzene rings is 1. The van der Waals surface area contributed by atoms with Crippen LogP contribution in [0.2, 0.25) is 0 Å². The van der Waals surface area contributed by atoms with E-state index in [1.165, 1.54) is 0 Å². The molecule has 0 unspecified atom stereocenters. The van der Waals surface area contributed by atoms with Gasteiger partial charge in [-0.2, -0.15) is 0 Å². The maximum absolute atomic E-state index is 11.3. The molecule has 1 amide bonds. The second-order valence-electron chi connectivity index (χ2n) is 4.64. The fraction of sp³-hybridized carbons (Fsp3) is 0.462. The third kappa shape index (κ3) is 3.03. The molecule has 0 aliphatic heterocycles. The third-order valence-electron chi connectivity index (χ3n) is 3.19. The minimum atomic E-state index is -0.461. The highest BCUT2D eigenvalue weighted by atomic mass is 79.9. The Morgan fingerprint density at radius 3 is 2.89 bits per heavy atom. The number of carbonyl (C=O) groups is 1. The van der Waals surface area contributed by atoms with Crippen molar-refractivity contribution in [1.29, 1.82) is 0 Å². The van der Waals surface area contributed by atoms with Gasteiger partial charge in [-0.05, 0) is 50.6 Å². The van der Waals surface area contributed by atoms with Gasteiger partial charge in [0.2, 0.25) is 0 Å². The van der Waals surface area contributed by atoms with E-state index in [0.717, 1.165) is 23.9 Å². The van der Waals surface area contributed by atoms with Gasteiger partial charge >= 0.3 is 0 Å². The van der Waals surface area contributed by atoms with Gasteiger partial charge in [-0.15, -0.1) is 0 Å². The number of rotatable bonds is 5. The summed E-state index contributed by atoms with van der Waals surface area (Å²) in [4.78, 5) is 11.3. The first-order valence-electron chi connectivity index (χ1n) is 6.00. The van der Waals surface area contributed by atoms with Crippen molar-refractivity contribution in [1.82, 2.24) is 5.32 Å². The van der Waals surface area contributed by atoms with Crippen LogP contribution in [0.15, 0.2) is 22.7 Å². The lowest BCUT2D eigenvalue weighted by molar-refractivity contribution is 0.0643. The number of primary amides is 1. The molecule has 0 saturated heterocycles. The van der Waals surface area contributed by atoms with Gasteiger partial charge < -0.3 is 15.8 Å². The molecule has 1 aromatic rings. The predicted molar refractivity (Wildman–Crippen MR) is 73.7 cm³/mol. The molecule has 0 spiro atoms. The highest BCUT2D eigenvalue weighted by Gasteiger charge is 2.30. The maximum atomic E-state index is 11.3. The van der Waals surface area contributed by atoms with Crippen molar-refractivity contribution in [2.24, 2.45) is 11.7 Å². The van der Waals surface area contributed by atoms with Gasteiger partial charge in [0.25, 0.3) is 5.91 Å². The van der Waals surface area contributed by atoms with Crippen molar-refractivity contribution in [3.05, 3.63) is 28.2 Å². The molecule has 0 atom stereocenters. The highest BCUT2D eigenvalue weighted by molar-refractivity contribution is 9.10. The Bertz CT molecular complexity index is 445. The fourth-order valence-electron chi connectivity index (χ4n) is 2.20. The van der Waals surface area contributed by atoms with Crippen LogP contribution in [0.5, 0.6) is 5.75 Å². The quantitative estimate of drug-likeness (QED) is 0.873. The van der Waals surface area contributed by atoms with Gasteiger partial charge in [0, 0.05) is 4.47 Å². The van der Waals surface area contributed by atoms with Gasteiger partial charge in [0.15, 0.2) is 0 Å². The van der Waals surface area contributed by atoms with E-state index in [9.17, 15) is 4.79 Å². The normalized spacial score (nSPS) is 22.3. The monoisotopic (exact) mass is 312 g/mol. The minimum absolute atomic E-state index is 0.197. The lowest BCUT2D eigenvalue weighted by atomic mass is 9.82. The van der Waals surface area contributed by atoms with E-state index in [1.807, 2.05) is 13.1 Å². The summed E-state index contributed by atoms with van der Waals surface area (Å²) < 4.78 is 6.65. The zero-order valence-electron chi connectivity index (χ0n) is 10.3. The number of amides is 1. The molecule has 4 nitrogen and oxygen atoms in total. The van der Waals surface area contributed by atoms with Crippen molar-refractivity contribution < 1.29 is 9.53 Å².